The molecule has 3 rings (SSSR count). The van der Waals surface area contributed by atoms with Crippen LogP contribution >= 0.6 is 0 Å². The molecular formula is C18H22FN3O2. The van der Waals surface area contributed by atoms with Gasteiger partial charge in [0.2, 0.25) is 5.91 Å². The van der Waals surface area contributed by atoms with Gasteiger partial charge in [-0.2, -0.15) is 5.10 Å². The molecule has 1 atom stereocenters. The third-order valence-corrected chi connectivity index (χ3v) is 4.62. The van der Waals surface area contributed by atoms with Crippen LogP contribution in [0.15, 0.2) is 36.7 Å². The number of hydrogen-bond donors (Lipinski definition) is 2. The highest BCUT2D eigenvalue weighted by molar-refractivity contribution is 5.79. The van der Waals surface area contributed by atoms with E-state index in [9.17, 15) is 14.3 Å². The Bertz CT molecular complexity index is 691. The number of carbonyl (C=O) groups is 1. The number of amides is 1. The number of hydrogen-bond acceptors (Lipinski definition) is 3. The maximum Gasteiger partial charge on any atom is 0.223 e. The van der Waals surface area contributed by atoms with Gasteiger partial charge in [-0.15, -0.1) is 0 Å². The Balaban J connectivity index is 1.62. The number of nitrogens with one attached hydrogen (secondary N) is 1. The zero-order chi connectivity index (χ0) is 17.1. The number of rotatable bonds is 4. The molecule has 1 aromatic heterocycles. The molecule has 0 bridgehead atoms. The first-order valence-electron chi connectivity index (χ1n) is 8.32. The predicted molar refractivity (Wildman–Crippen MR) is 88.0 cm³/mol. The quantitative estimate of drug-likeness (QED) is 0.905. The van der Waals surface area contributed by atoms with E-state index in [4.69, 9.17) is 0 Å². The Kier molecular flexibility index (Phi) is 4.94. The first-order valence-corrected chi connectivity index (χ1v) is 8.32. The normalized spacial score (nSPS) is 22.1. The van der Waals surface area contributed by atoms with Crippen molar-refractivity contribution < 1.29 is 14.3 Å². The van der Waals surface area contributed by atoms with Crippen molar-refractivity contribution in [1.29, 1.82) is 0 Å². The summed E-state index contributed by atoms with van der Waals surface area (Å²) in [5.74, 6) is -0.281. The Morgan fingerprint density at radius 2 is 1.96 bits per heavy atom. The molecule has 24 heavy (non-hydrogen) atoms. The minimum atomic E-state index is -0.288. The Morgan fingerprint density at radius 3 is 2.62 bits per heavy atom. The van der Waals surface area contributed by atoms with E-state index in [0.29, 0.717) is 12.8 Å². The summed E-state index contributed by atoms with van der Waals surface area (Å²) >= 11 is 0. The molecule has 1 heterocycles. The molecule has 0 unspecified atom stereocenters. The number of aliphatic hydroxyl groups excluding tert-OH is 1. The van der Waals surface area contributed by atoms with Crippen molar-refractivity contribution >= 4 is 5.91 Å². The standard InChI is InChI=1S/C18H22FN3O2/c1-12(21-18(24)13-2-8-17(23)9-3-13)14-10-20-22(11-14)16-6-4-15(19)5-7-16/h4-7,10-13,17,23H,2-3,8-9H2,1H3,(H,21,24)/t12-,13?,17?/m1/s1. The van der Waals surface area contributed by atoms with Gasteiger partial charge < -0.3 is 10.4 Å². The maximum atomic E-state index is 13.0. The largest absolute Gasteiger partial charge is 0.393 e. The molecule has 1 fully saturated rings. The third kappa shape index (κ3) is 3.82. The van der Waals surface area contributed by atoms with Gasteiger partial charge in [0.1, 0.15) is 5.82 Å². The molecule has 1 aliphatic rings. The van der Waals surface area contributed by atoms with E-state index in [0.717, 1.165) is 24.1 Å². The second-order valence-corrected chi connectivity index (χ2v) is 6.43. The lowest BCUT2D eigenvalue weighted by Gasteiger charge is -2.25. The summed E-state index contributed by atoms with van der Waals surface area (Å²) in [5.41, 5.74) is 1.66. The van der Waals surface area contributed by atoms with Crippen molar-refractivity contribution in [3.8, 4) is 5.69 Å². The molecule has 0 radical (unpaired) electrons. The van der Waals surface area contributed by atoms with Gasteiger partial charge >= 0.3 is 0 Å². The highest BCUT2D eigenvalue weighted by atomic mass is 19.1. The number of benzene rings is 1. The Labute approximate surface area is 140 Å². The van der Waals surface area contributed by atoms with Crippen LogP contribution in [0, 0.1) is 11.7 Å². The van der Waals surface area contributed by atoms with E-state index in [1.165, 1.54) is 12.1 Å². The minimum Gasteiger partial charge on any atom is -0.393 e. The van der Waals surface area contributed by atoms with Gasteiger partial charge in [0.25, 0.3) is 0 Å². The molecule has 2 aromatic rings. The van der Waals surface area contributed by atoms with Crippen LogP contribution in [-0.4, -0.2) is 26.9 Å². The van der Waals surface area contributed by atoms with Crippen molar-refractivity contribution in [2.45, 2.75) is 44.8 Å². The maximum absolute atomic E-state index is 13.0. The summed E-state index contributed by atoms with van der Waals surface area (Å²) in [6.45, 7) is 1.92. The average molecular weight is 331 g/mol. The van der Waals surface area contributed by atoms with Crippen LogP contribution in [0.3, 0.4) is 0 Å². The fraction of sp³-hybridized carbons (Fsp3) is 0.444. The topological polar surface area (TPSA) is 67.2 Å². The lowest BCUT2D eigenvalue weighted by molar-refractivity contribution is -0.127. The molecule has 0 saturated heterocycles. The lowest BCUT2D eigenvalue weighted by Crippen LogP contribution is -2.35. The van der Waals surface area contributed by atoms with E-state index < -0.39 is 0 Å². The van der Waals surface area contributed by atoms with Crippen LogP contribution in [0.25, 0.3) is 5.69 Å². The molecule has 0 spiro atoms. The van der Waals surface area contributed by atoms with E-state index in [1.807, 2.05) is 13.1 Å². The van der Waals surface area contributed by atoms with Gasteiger partial charge in [-0.05, 0) is 56.9 Å². The van der Waals surface area contributed by atoms with E-state index in [-0.39, 0.29) is 29.8 Å². The summed E-state index contributed by atoms with van der Waals surface area (Å²) in [4.78, 5) is 12.3. The SMILES string of the molecule is C[C@@H](NC(=O)C1CCC(O)CC1)c1cnn(-c2ccc(F)cc2)c1. The zero-order valence-corrected chi connectivity index (χ0v) is 13.7. The molecule has 1 saturated carbocycles. The lowest BCUT2D eigenvalue weighted by atomic mass is 9.86. The van der Waals surface area contributed by atoms with E-state index >= 15 is 0 Å². The number of carbonyl (C=O) groups excluding carboxylic acids is 1. The second kappa shape index (κ2) is 7.13. The smallest absolute Gasteiger partial charge is 0.223 e. The van der Waals surface area contributed by atoms with E-state index in [1.54, 1.807) is 23.0 Å². The van der Waals surface area contributed by atoms with Gasteiger partial charge in [0.15, 0.2) is 0 Å². The molecule has 0 aliphatic heterocycles. The van der Waals surface area contributed by atoms with Crippen LogP contribution in [-0.2, 0) is 4.79 Å². The van der Waals surface area contributed by atoms with Crippen molar-refractivity contribution in [3.63, 3.8) is 0 Å². The van der Waals surface area contributed by atoms with Gasteiger partial charge in [-0.1, -0.05) is 0 Å². The molecule has 1 amide bonds. The first-order chi connectivity index (χ1) is 11.5. The van der Waals surface area contributed by atoms with Gasteiger partial charge in [-0.25, -0.2) is 9.07 Å². The van der Waals surface area contributed by atoms with Gasteiger partial charge in [-0.3, -0.25) is 4.79 Å². The predicted octanol–water partition coefficient (Wildman–Crippen LogP) is 2.74. The molecule has 6 heteroatoms. The van der Waals surface area contributed by atoms with Crippen LogP contribution in [0.2, 0.25) is 0 Å². The van der Waals surface area contributed by atoms with Gasteiger partial charge in [0.05, 0.1) is 24.0 Å². The molecule has 128 valence electrons. The second-order valence-electron chi connectivity index (χ2n) is 6.43. The summed E-state index contributed by atoms with van der Waals surface area (Å²) in [6, 6.07) is 5.93. The highest BCUT2D eigenvalue weighted by Crippen LogP contribution is 2.25. The Morgan fingerprint density at radius 1 is 1.29 bits per heavy atom. The summed E-state index contributed by atoms with van der Waals surface area (Å²) in [6.07, 6.45) is 6.12. The van der Waals surface area contributed by atoms with E-state index in [2.05, 4.69) is 10.4 Å². The number of aliphatic hydroxyl groups is 1. The zero-order valence-electron chi connectivity index (χ0n) is 13.7. The fourth-order valence-electron chi connectivity index (χ4n) is 3.05. The van der Waals surface area contributed by atoms with Crippen LogP contribution < -0.4 is 5.32 Å². The molecule has 1 aliphatic carbocycles. The monoisotopic (exact) mass is 331 g/mol. The van der Waals surface area contributed by atoms with Crippen molar-refractivity contribution in [1.82, 2.24) is 15.1 Å². The van der Waals surface area contributed by atoms with Gasteiger partial charge in [0, 0.05) is 17.7 Å². The number of nitrogens with zero attached hydrogens (tertiary/aromatic N) is 2. The molecule has 5 nitrogen and oxygen atoms in total. The van der Waals surface area contributed by atoms with Crippen LogP contribution in [0.5, 0.6) is 0 Å². The molecule has 2 N–H and O–H groups in total. The summed E-state index contributed by atoms with van der Waals surface area (Å²) in [5, 5.41) is 16.8. The minimum absolute atomic E-state index is 0.0250. The first kappa shape index (κ1) is 16.6. The molecular weight excluding hydrogens is 309 g/mol. The summed E-state index contributed by atoms with van der Waals surface area (Å²) < 4.78 is 14.6. The highest BCUT2D eigenvalue weighted by Gasteiger charge is 2.26. The van der Waals surface area contributed by atoms with Crippen LogP contribution in [0.1, 0.15) is 44.2 Å². The van der Waals surface area contributed by atoms with Crippen molar-refractivity contribution in [2.24, 2.45) is 5.92 Å². The van der Waals surface area contributed by atoms with Crippen molar-refractivity contribution in [3.05, 3.63) is 48.0 Å². The number of aromatic nitrogens is 2. The Hall–Kier alpha value is -2.21. The fourth-order valence-corrected chi connectivity index (χ4v) is 3.05. The summed E-state index contributed by atoms with van der Waals surface area (Å²) in [7, 11) is 0. The van der Waals surface area contributed by atoms with Crippen molar-refractivity contribution in [2.75, 3.05) is 0 Å². The molecule has 1 aromatic carbocycles. The third-order valence-electron chi connectivity index (χ3n) is 4.62. The average Bonchev–Trinajstić information content (AvgIpc) is 3.06. The number of halogens is 1. The van der Waals surface area contributed by atoms with Crippen LogP contribution in [0.4, 0.5) is 4.39 Å².